The normalized spacial score (nSPS) is 19.8. The Labute approximate surface area is 105 Å². The van der Waals surface area contributed by atoms with Crippen LogP contribution in [-0.4, -0.2) is 47.2 Å². The molecule has 7 nitrogen and oxygen atoms in total. The molecule has 1 unspecified atom stereocenters. The lowest BCUT2D eigenvalue weighted by Crippen LogP contribution is -2.51. The van der Waals surface area contributed by atoms with E-state index in [4.69, 9.17) is 10.2 Å². The zero-order valence-electron chi connectivity index (χ0n) is 10.2. The summed E-state index contributed by atoms with van der Waals surface area (Å²) in [6, 6.07) is -1.37. The summed E-state index contributed by atoms with van der Waals surface area (Å²) in [5, 5.41) is 22.9. The van der Waals surface area contributed by atoms with Crippen molar-refractivity contribution in [3.05, 3.63) is 0 Å². The fourth-order valence-electron chi connectivity index (χ4n) is 1.91. The first-order valence-corrected chi connectivity index (χ1v) is 5.81. The third-order valence-electron chi connectivity index (χ3n) is 3.24. The van der Waals surface area contributed by atoms with Gasteiger partial charge in [-0.15, -0.1) is 0 Å². The molecule has 1 aliphatic heterocycles. The van der Waals surface area contributed by atoms with Gasteiger partial charge in [0.2, 0.25) is 5.91 Å². The van der Waals surface area contributed by atoms with Gasteiger partial charge in [-0.2, -0.15) is 0 Å². The molecular formula is C11H18N2O5. The predicted octanol–water partition coefficient (Wildman–Crippen LogP) is -0.580. The molecule has 1 aliphatic rings. The molecule has 1 atom stereocenters. The number of hydrogen-bond acceptors (Lipinski definition) is 4. The van der Waals surface area contributed by atoms with Crippen LogP contribution in [0.2, 0.25) is 0 Å². The van der Waals surface area contributed by atoms with Crippen molar-refractivity contribution in [2.45, 2.75) is 32.2 Å². The van der Waals surface area contributed by atoms with Crippen molar-refractivity contribution in [3.8, 4) is 0 Å². The second-order valence-electron chi connectivity index (χ2n) is 4.77. The van der Waals surface area contributed by atoms with Crippen LogP contribution in [0, 0.1) is 5.41 Å². The lowest BCUT2D eigenvalue weighted by molar-refractivity contribution is -0.148. The highest BCUT2D eigenvalue weighted by Crippen LogP contribution is 2.28. The molecule has 0 aliphatic carbocycles. The van der Waals surface area contributed by atoms with E-state index in [2.05, 4.69) is 10.6 Å². The van der Waals surface area contributed by atoms with E-state index in [-0.39, 0.29) is 0 Å². The quantitative estimate of drug-likeness (QED) is 0.524. The number of carboxylic acids is 2. The molecule has 0 aromatic heterocycles. The van der Waals surface area contributed by atoms with E-state index >= 15 is 0 Å². The third kappa shape index (κ3) is 3.69. The number of rotatable bonds is 5. The van der Waals surface area contributed by atoms with E-state index in [9.17, 15) is 14.4 Å². The molecule has 0 radical (unpaired) electrons. The highest BCUT2D eigenvalue weighted by molar-refractivity contribution is 5.89. The molecular weight excluding hydrogens is 240 g/mol. The summed E-state index contributed by atoms with van der Waals surface area (Å²) in [6.07, 6.45) is 0.603. The van der Waals surface area contributed by atoms with Gasteiger partial charge in [0.25, 0.3) is 0 Å². The SMILES string of the molecule is CC1(C(=O)NC(CC(=O)O)C(=O)O)CCNCC1. The minimum absolute atomic E-state index is 0.391. The van der Waals surface area contributed by atoms with Gasteiger partial charge in [-0.05, 0) is 25.9 Å². The molecule has 102 valence electrons. The molecule has 7 heteroatoms. The predicted molar refractivity (Wildman–Crippen MR) is 62.0 cm³/mol. The molecule has 0 aromatic carbocycles. The highest BCUT2D eigenvalue weighted by Gasteiger charge is 2.37. The van der Waals surface area contributed by atoms with E-state index in [1.807, 2.05) is 0 Å². The average molecular weight is 258 g/mol. The first-order valence-electron chi connectivity index (χ1n) is 5.81. The fourth-order valence-corrected chi connectivity index (χ4v) is 1.91. The van der Waals surface area contributed by atoms with Crippen molar-refractivity contribution in [1.29, 1.82) is 0 Å². The third-order valence-corrected chi connectivity index (χ3v) is 3.24. The van der Waals surface area contributed by atoms with Crippen molar-refractivity contribution in [3.63, 3.8) is 0 Å². The molecule has 0 spiro atoms. The van der Waals surface area contributed by atoms with E-state index < -0.39 is 35.7 Å². The maximum Gasteiger partial charge on any atom is 0.326 e. The highest BCUT2D eigenvalue weighted by atomic mass is 16.4. The van der Waals surface area contributed by atoms with Gasteiger partial charge < -0.3 is 20.8 Å². The van der Waals surface area contributed by atoms with Gasteiger partial charge in [0.15, 0.2) is 0 Å². The van der Waals surface area contributed by atoms with Gasteiger partial charge in [0.05, 0.1) is 6.42 Å². The van der Waals surface area contributed by atoms with Crippen LogP contribution in [0.15, 0.2) is 0 Å². The van der Waals surface area contributed by atoms with Gasteiger partial charge in [-0.3, -0.25) is 9.59 Å². The molecule has 18 heavy (non-hydrogen) atoms. The minimum atomic E-state index is -1.37. The Morgan fingerprint density at radius 2 is 1.83 bits per heavy atom. The number of aliphatic carboxylic acids is 2. The number of carboxylic acid groups (broad SMARTS) is 2. The summed E-state index contributed by atoms with van der Waals surface area (Å²) in [4.78, 5) is 33.4. The Hall–Kier alpha value is -1.63. The van der Waals surface area contributed by atoms with Gasteiger partial charge in [-0.1, -0.05) is 6.92 Å². The van der Waals surface area contributed by atoms with Crippen molar-refractivity contribution in [2.24, 2.45) is 5.41 Å². The van der Waals surface area contributed by atoms with Crippen LogP contribution in [-0.2, 0) is 14.4 Å². The number of amides is 1. The molecule has 4 N–H and O–H groups in total. The smallest absolute Gasteiger partial charge is 0.326 e. The number of carbonyl (C=O) groups is 3. The number of carbonyl (C=O) groups excluding carboxylic acids is 1. The van der Waals surface area contributed by atoms with Crippen LogP contribution in [0.3, 0.4) is 0 Å². The monoisotopic (exact) mass is 258 g/mol. The zero-order chi connectivity index (χ0) is 13.8. The van der Waals surface area contributed by atoms with E-state index in [1.54, 1.807) is 6.92 Å². The topological polar surface area (TPSA) is 116 Å². The van der Waals surface area contributed by atoms with E-state index in [0.717, 1.165) is 0 Å². The lowest BCUT2D eigenvalue weighted by atomic mass is 9.80. The van der Waals surface area contributed by atoms with Crippen LogP contribution >= 0.6 is 0 Å². The largest absolute Gasteiger partial charge is 0.481 e. The second-order valence-corrected chi connectivity index (χ2v) is 4.77. The number of hydrogen-bond donors (Lipinski definition) is 4. The Balaban J connectivity index is 2.65. The van der Waals surface area contributed by atoms with E-state index in [0.29, 0.717) is 25.9 Å². The van der Waals surface area contributed by atoms with Crippen LogP contribution in [0.1, 0.15) is 26.2 Å². The summed E-state index contributed by atoms with van der Waals surface area (Å²) in [5.41, 5.74) is -0.628. The first-order chi connectivity index (χ1) is 8.35. The Morgan fingerprint density at radius 1 is 1.28 bits per heavy atom. The van der Waals surface area contributed by atoms with Gasteiger partial charge in [0, 0.05) is 5.41 Å². The molecule has 1 rings (SSSR count). The van der Waals surface area contributed by atoms with Crippen molar-refractivity contribution in [1.82, 2.24) is 10.6 Å². The Kier molecular flexibility index (Phi) is 4.66. The van der Waals surface area contributed by atoms with Gasteiger partial charge in [0.1, 0.15) is 6.04 Å². The molecule has 1 heterocycles. The van der Waals surface area contributed by atoms with Crippen molar-refractivity contribution in [2.75, 3.05) is 13.1 Å². The Morgan fingerprint density at radius 3 is 2.28 bits per heavy atom. The maximum absolute atomic E-state index is 12.0. The molecule has 0 saturated carbocycles. The lowest BCUT2D eigenvalue weighted by Gasteiger charge is -2.33. The molecule has 1 amide bonds. The summed E-state index contributed by atoms with van der Waals surface area (Å²) < 4.78 is 0. The summed E-state index contributed by atoms with van der Waals surface area (Å²) in [7, 11) is 0. The first kappa shape index (κ1) is 14.4. The van der Waals surface area contributed by atoms with Crippen LogP contribution in [0.5, 0.6) is 0 Å². The van der Waals surface area contributed by atoms with Gasteiger partial charge in [-0.25, -0.2) is 4.79 Å². The second kappa shape index (κ2) is 5.81. The summed E-state index contributed by atoms with van der Waals surface area (Å²) in [5.74, 6) is -2.97. The molecule has 1 saturated heterocycles. The van der Waals surface area contributed by atoms with Crippen molar-refractivity contribution < 1.29 is 24.6 Å². The maximum atomic E-state index is 12.0. The zero-order valence-corrected chi connectivity index (χ0v) is 10.2. The van der Waals surface area contributed by atoms with E-state index in [1.165, 1.54) is 0 Å². The summed E-state index contributed by atoms with van der Waals surface area (Å²) >= 11 is 0. The molecule has 0 aromatic rings. The van der Waals surface area contributed by atoms with Crippen LogP contribution in [0.4, 0.5) is 0 Å². The van der Waals surface area contributed by atoms with Crippen molar-refractivity contribution >= 4 is 17.8 Å². The minimum Gasteiger partial charge on any atom is -0.481 e. The molecule has 1 fully saturated rings. The standard InChI is InChI=1S/C11H18N2O5/c1-11(2-4-12-5-3-11)10(18)13-7(9(16)17)6-8(14)15/h7,12H,2-6H2,1H3,(H,13,18)(H,14,15)(H,16,17). The number of nitrogens with one attached hydrogen (secondary N) is 2. The number of piperidine rings is 1. The van der Waals surface area contributed by atoms with Crippen LogP contribution < -0.4 is 10.6 Å². The fraction of sp³-hybridized carbons (Fsp3) is 0.727. The summed E-state index contributed by atoms with van der Waals surface area (Å²) in [6.45, 7) is 3.16. The Bertz CT molecular complexity index is 349. The average Bonchev–Trinajstić information content (AvgIpc) is 2.28. The molecule has 0 bridgehead atoms. The van der Waals surface area contributed by atoms with Gasteiger partial charge >= 0.3 is 11.9 Å². The van der Waals surface area contributed by atoms with Crippen LogP contribution in [0.25, 0.3) is 0 Å².